The summed E-state index contributed by atoms with van der Waals surface area (Å²) < 4.78 is 0.985. The average molecular weight is 340 g/mol. The van der Waals surface area contributed by atoms with Crippen LogP contribution in [0.25, 0.3) is 10.8 Å². The van der Waals surface area contributed by atoms with Gasteiger partial charge in [-0.2, -0.15) is 0 Å². The summed E-state index contributed by atoms with van der Waals surface area (Å²) >= 11 is 3.41. The first kappa shape index (κ1) is 13.8. The molecule has 1 amide bonds. The summed E-state index contributed by atoms with van der Waals surface area (Å²) in [6.45, 7) is 0. The van der Waals surface area contributed by atoms with Crippen LogP contribution in [-0.4, -0.2) is 5.91 Å². The fourth-order valence-electron chi connectivity index (χ4n) is 2.30. The zero-order valence-electron chi connectivity index (χ0n) is 11.3. The van der Waals surface area contributed by atoms with E-state index in [1.807, 2.05) is 60.7 Å². The number of anilines is 1. The van der Waals surface area contributed by atoms with Gasteiger partial charge in [0, 0.05) is 10.2 Å². The van der Waals surface area contributed by atoms with Crippen LogP contribution in [0.15, 0.2) is 71.2 Å². The van der Waals surface area contributed by atoms with E-state index in [4.69, 9.17) is 0 Å². The number of carbonyl (C=O) groups excluding carboxylic acids is 1. The Morgan fingerprint density at radius 3 is 2.52 bits per heavy atom. The topological polar surface area (TPSA) is 29.1 Å². The molecule has 104 valence electrons. The van der Waals surface area contributed by atoms with Crippen LogP contribution in [-0.2, 0) is 11.2 Å². The van der Waals surface area contributed by atoms with Crippen LogP contribution in [0.3, 0.4) is 0 Å². The highest BCUT2D eigenvalue weighted by Gasteiger charge is 2.05. The van der Waals surface area contributed by atoms with Gasteiger partial charge in [0.1, 0.15) is 0 Å². The lowest BCUT2D eigenvalue weighted by molar-refractivity contribution is -0.115. The van der Waals surface area contributed by atoms with Gasteiger partial charge in [0.15, 0.2) is 0 Å². The van der Waals surface area contributed by atoms with Crippen molar-refractivity contribution < 1.29 is 4.79 Å². The smallest absolute Gasteiger partial charge is 0.228 e. The molecule has 0 aliphatic carbocycles. The summed E-state index contributed by atoms with van der Waals surface area (Å²) in [6, 6.07) is 21.8. The van der Waals surface area contributed by atoms with Gasteiger partial charge in [-0.15, -0.1) is 0 Å². The second kappa shape index (κ2) is 6.10. The molecule has 0 radical (unpaired) electrons. The van der Waals surface area contributed by atoms with Crippen LogP contribution in [0.2, 0.25) is 0 Å². The highest BCUT2D eigenvalue weighted by Crippen LogP contribution is 2.19. The van der Waals surface area contributed by atoms with Crippen LogP contribution in [0.5, 0.6) is 0 Å². The molecule has 3 heteroatoms. The summed E-state index contributed by atoms with van der Waals surface area (Å²) in [5.41, 5.74) is 1.82. The van der Waals surface area contributed by atoms with Gasteiger partial charge in [-0.1, -0.05) is 58.4 Å². The molecule has 0 fully saturated rings. The third-order valence-corrected chi connectivity index (χ3v) is 3.78. The summed E-state index contributed by atoms with van der Waals surface area (Å²) in [5, 5.41) is 5.24. The quantitative estimate of drug-likeness (QED) is 0.730. The van der Waals surface area contributed by atoms with Crippen LogP contribution in [0.1, 0.15) is 5.56 Å². The normalized spacial score (nSPS) is 10.5. The first-order valence-corrected chi connectivity index (χ1v) is 7.53. The van der Waals surface area contributed by atoms with Crippen LogP contribution in [0.4, 0.5) is 5.69 Å². The minimum atomic E-state index is -0.0108. The summed E-state index contributed by atoms with van der Waals surface area (Å²) in [5.74, 6) is -0.0108. The standard InChI is InChI=1S/C18H14BrNO/c19-16-7-3-4-13(10-16)11-18(21)20-17-9-8-14-5-1-2-6-15(14)12-17/h1-10,12H,11H2,(H,20,21). The molecule has 0 saturated carbocycles. The molecule has 2 nitrogen and oxygen atoms in total. The van der Waals surface area contributed by atoms with Crippen molar-refractivity contribution in [3.8, 4) is 0 Å². The van der Waals surface area contributed by atoms with E-state index in [-0.39, 0.29) is 5.91 Å². The Hall–Kier alpha value is -2.13. The third-order valence-electron chi connectivity index (χ3n) is 3.29. The number of rotatable bonds is 3. The van der Waals surface area contributed by atoms with Gasteiger partial charge in [0.05, 0.1) is 6.42 Å². The van der Waals surface area contributed by atoms with Gasteiger partial charge in [-0.25, -0.2) is 0 Å². The molecule has 0 aliphatic heterocycles. The number of carbonyl (C=O) groups is 1. The van der Waals surface area contributed by atoms with Crippen LogP contribution >= 0.6 is 15.9 Å². The number of nitrogens with one attached hydrogen (secondary N) is 1. The van der Waals surface area contributed by atoms with Crippen LogP contribution < -0.4 is 5.32 Å². The van der Waals surface area contributed by atoms with Crippen molar-refractivity contribution in [3.05, 3.63) is 76.8 Å². The lowest BCUT2D eigenvalue weighted by atomic mass is 10.1. The Labute approximate surface area is 131 Å². The molecule has 0 heterocycles. The summed E-state index contributed by atoms with van der Waals surface area (Å²) in [6.07, 6.45) is 0.367. The molecule has 0 spiro atoms. The first-order valence-electron chi connectivity index (χ1n) is 6.74. The van der Waals surface area contributed by atoms with Crippen molar-refractivity contribution in [1.29, 1.82) is 0 Å². The molecule has 0 atom stereocenters. The van der Waals surface area contributed by atoms with Gasteiger partial charge in [0.25, 0.3) is 0 Å². The monoisotopic (exact) mass is 339 g/mol. The maximum atomic E-state index is 12.1. The van der Waals surface area contributed by atoms with Gasteiger partial charge >= 0.3 is 0 Å². The van der Waals surface area contributed by atoms with E-state index in [9.17, 15) is 4.79 Å². The van der Waals surface area contributed by atoms with Crippen molar-refractivity contribution in [3.63, 3.8) is 0 Å². The van der Waals surface area contributed by atoms with E-state index >= 15 is 0 Å². The second-order valence-corrected chi connectivity index (χ2v) is 5.83. The zero-order valence-corrected chi connectivity index (χ0v) is 12.9. The Morgan fingerprint density at radius 1 is 0.905 bits per heavy atom. The van der Waals surface area contributed by atoms with Crippen molar-refractivity contribution >= 4 is 38.3 Å². The maximum Gasteiger partial charge on any atom is 0.228 e. The maximum absolute atomic E-state index is 12.1. The number of amides is 1. The number of hydrogen-bond donors (Lipinski definition) is 1. The fourth-order valence-corrected chi connectivity index (χ4v) is 2.75. The SMILES string of the molecule is O=C(Cc1cccc(Br)c1)Nc1ccc2ccccc2c1. The molecule has 1 N–H and O–H groups in total. The van der Waals surface area contributed by atoms with Crippen molar-refractivity contribution in [2.45, 2.75) is 6.42 Å². The number of halogens is 1. The lowest BCUT2D eigenvalue weighted by Gasteiger charge is -2.07. The highest BCUT2D eigenvalue weighted by atomic mass is 79.9. The Balaban J connectivity index is 1.74. The minimum Gasteiger partial charge on any atom is -0.326 e. The van der Waals surface area contributed by atoms with E-state index in [0.29, 0.717) is 6.42 Å². The van der Waals surface area contributed by atoms with Gasteiger partial charge in [-0.05, 0) is 40.6 Å². The number of benzene rings is 3. The minimum absolute atomic E-state index is 0.0108. The fraction of sp³-hybridized carbons (Fsp3) is 0.0556. The van der Waals surface area contributed by atoms with Gasteiger partial charge in [-0.3, -0.25) is 4.79 Å². The Bertz CT molecular complexity index is 798. The van der Waals surface area contributed by atoms with Gasteiger partial charge < -0.3 is 5.32 Å². The number of fused-ring (bicyclic) bond motifs is 1. The molecule has 3 aromatic carbocycles. The third kappa shape index (κ3) is 3.50. The first-order chi connectivity index (χ1) is 10.2. The van der Waals surface area contributed by atoms with Crippen LogP contribution in [0, 0.1) is 0 Å². The van der Waals surface area contributed by atoms with E-state index < -0.39 is 0 Å². The van der Waals surface area contributed by atoms with Crippen molar-refractivity contribution in [2.24, 2.45) is 0 Å². The van der Waals surface area contributed by atoms with E-state index in [0.717, 1.165) is 21.1 Å². The predicted octanol–water partition coefficient (Wildman–Crippen LogP) is 4.78. The number of hydrogen-bond acceptors (Lipinski definition) is 1. The molecule has 3 rings (SSSR count). The summed E-state index contributed by atoms with van der Waals surface area (Å²) in [7, 11) is 0. The molecule has 21 heavy (non-hydrogen) atoms. The highest BCUT2D eigenvalue weighted by molar-refractivity contribution is 9.10. The van der Waals surface area contributed by atoms with Crippen molar-refractivity contribution in [1.82, 2.24) is 0 Å². The van der Waals surface area contributed by atoms with E-state index in [1.54, 1.807) is 0 Å². The molecule has 0 bridgehead atoms. The molecular formula is C18H14BrNO. The lowest BCUT2D eigenvalue weighted by Crippen LogP contribution is -2.14. The molecule has 0 aromatic heterocycles. The molecule has 3 aromatic rings. The van der Waals surface area contributed by atoms with Crippen molar-refractivity contribution in [2.75, 3.05) is 5.32 Å². The van der Waals surface area contributed by atoms with Gasteiger partial charge in [0.2, 0.25) is 5.91 Å². The van der Waals surface area contributed by atoms with E-state index in [2.05, 4.69) is 27.3 Å². The summed E-state index contributed by atoms with van der Waals surface area (Å²) in [4.78, 5) is 12.1. The second-order valence-electron chi connectivity index (χ2n) is 4.92. The predicted molar refractivity (Wildman–Crippen MR) is 90.4 cm³/mol. The molecule has 0 unspecified atom stereocenters. The van der Waals surface area contributed by atoms with E-state index in [1.165, 1.54) is 5.39 Å². The molecule has 0 aliphatic rings. The molecular weight excluding hydrogens is 326 g/mol. The Morgan fingerprint density at radius 2 is 1.71 bits per heavy atom. The average Bonchev–Trinajstić information content (AvgIpc) is 2.47. The Kier molecular flexibility index (Phi) is 4.02. The largest absolute Gasteiger partial charge is 0.326 e. The molecule has 0 saturated heterocycles. The zero-order chi connectivity index (χ0) is 14.7.